The number of aromatic amines is 2. The number of benzene rings is 1. The van der Waals surface area contributed by atoms with Gasteiger partial charge in [0.15, 0.2) is 0 Å². The van der Waals surface area contributed by atoms with Crippen molar-refractivity contribution in [3.63, 3.8) is 0 Å². The summed E-state index contributed by atoms with van der Waals surface area (Å²) in [6, 6.07) is -12.7. The van der Waals surface area contributed by atoms with Crippen molar-refractivity contribution in [1.29, 1.82) is 0 Å². The molecule has 0 saturated heterocycles. The summed E-state index contributed by atoms with van der Waals surface area (Å²) in [4.78, 5) is 233. The van der Waals surface area contributed by atoms with Crippen LogP contribution in [-0.2, 0) is 94.3 Å². The Bertz CT molecular complexity index is 3590. The van der Waals surface area contributed by atoms with Gasteiger partial charge in [-0.1, -0.05) is 18.2 Å². The van der Waals surface area contributed by atoms with Crippen molar-refractivity contribution in [3.05, 3.63) is 54.2 Å². The van der Waals surface area contributed by atoms with Crippen molar-refractivity contribution in [3.8, 4) is 0 Å². The Hall–Kier alpha value is -11.1. The molecule has 39 heteroatoms. The van der Waals surface area contributed by atoms with Crippen molar-refractivity contribution in [1.82, 2.24) is 100 Å². The molecule has 3 aromatic rings. The molecule has 0 radical (unpaired) electrons. The zero-order valence-corrected chi connectivity index (χ0v) is 62.0. The predicted octanol–water partition coefficient (Wildman–Crippen LogP) is -6.56. The average Bonchev–Trinajstić information content (AvgIpc) is 1.58. The monoisotopic (exact) mass is 1490 g/mol. The van der Waals surface area contributed by atoms with Gasteiger partial charge in [-0.2, -0.15) is 0 Å². The van der Waals surface area contributed by atoms with Crippen LogP contribution < -0.4 is 102 Å². The molecular weight excluding hydrogens is 1380 g/mol. The lowest BCUT2D eigenvalue weighted by Gasteiger charge is -2.25. The molecule has 0 fully saturated rings. The van der Waals surface area contributed by atoms with Gasteiger partial charge in [0.05, 0.1) is 6.33 Å². The Morgan fingerprint density at radius 1 is 0.349 bits per heavy atom. The zero-order valence-electron chi connectivity index (χ0n) is 62.0. The van der Waals surface area contributed by atoms with Gasteiger partial charge in [0.2, 0.25) is 100 Å². The van der Waals surface area contributed by atoms with E-state index in [2.05, 4.69) is 100 Å². The molecule has 0 saturated carbocycles. The minimum Gasteiger partial charge on any atom is -0.368 e. The van der Waals surface area contributed by atoms with E-state index in [1.54, 1.807) is 12.3 Å². The van der Waals surface area contributed by atoms with Crippen molar-refractivity contribution in [2.75, 3.05) is 13.1 Å². The molecule has 17 amide bonds. The first-order valence-electron chi connectivity index (χ1n) is 34.8. The number of aromatic nitrogens is 3. The minimum absolute atomic E-state index is 0.0215. The van der Waals surface area contributed by atoms with Crippen LogP contribution >= 0.6 is 0 Å². The molecule has 0 unspecified atom stereocenters. The molecule has 39 nitrogen and oxygen atoms in total. The van der Waals surface area contributed by atoms with Crippen LogP contribution in [0.2, 0.25) is 0 Å². The van der Waals surface area contributed by atoms with Crippen LogP contribution in [0.4, 0.5) is 0 Å². The molecule has 106 heavy (non-hydrogen) atoms. The Balaban J connectivity index is 1.50. The van der Waals surface area contributed by atoms with Crippen LogP contribution in [0.15, 0.2) is 43.0 Å². The van der Waals surface area contributed by atoms with Crippen molar-refractivity contribution < 1.29 is 81.5 Å². The molecule has 3 rings (SSSR count). The molecule has 2 aromatic heterocycles. The standard InChI is InChI=1S/C67H106N22O17/c1-31(53(92)75-33(3)55(94)77-35(5)57(96)79-37(7)59(98)82-41(11)63(102)87-48(52(70)91)22-16-18-24-68)74-54(93)32(2)76-56(95)34(4)78-58(97)36(6)80-62(101)40(10)85-67(106)51(27-45-29-71-30-73-45)88-64(103)42(12)83-60(99)38(8)81-61(100)39(9)84-66(105)50(26-44-28-72-47-21-15-14-20-46(44)47)89-65(104)49(86-43(13)90)23-17-19-25-69/h14-15,20-21,28-42,48-51,72H,16-19,22-27,68-69H2,1-13H3,(H2,70,91)(H,71,73)(H,74,93)(H,75,92)(H,76,95)(H,77,94)(H,78,97)(H,79,96)(H,80,101)(H,81,100)(H,82,98)(H,83,99)(H,84,105)(H,85,106)(H,86,90)(H,87,102)(H,88,103)(H,89,104)/t31-,32-,33-,34-,35-,36-,37-,38-,39-,40-,41-,42-,48-,49-,50-,51-/m0/s1. The molecule has 586 valence electrons. The summed E-state index contributed by atoms with van der Waals surface area (Å²) in [6.45, 7) is 17.7. The molecule has 0 aliphatic carbocycles. The normalized spacial score (nSPS) is 15.6. The lowest BCUT2D eigenvalue weighted by atomic mass is 10.0. The number of primary amides is 1. The number of hydrogen-bond acceptors (Lipinski definition) is 20. The van der Waals surface area contributed by atoms with Crippen LogP contribution in [0.1, 0.15) is 140 Å². The molecule has 0 aliphatic heterocycles. The molecule has 0 aliphatic rings. The number of carbonyl (C=O) groups is 17. The second kappa shape index (κ2) is 43.9. The summed E-state index contributed by atoms with van der Waals surface area (Å²) in [5, 5.41) is 40.4. The van der Waals surface area contributed by atoms with Crippen molar-refractivity contribution >= 4 is 111 Å². The number of carbonyl (C=O) groups excluding carboxylic acids is 17. The second-order valence-electron chi connectivity index (χ2n) is 26.0. The highest BCUT2D eigenvalue weighted by atomic mass is 16.2. The number of nitrogens with one attached hydrogen (secondary N) is 18. The predicted molar refractivity (Wildman–Crippen MR) is 384 cm³/mol. The van der Waals surface area contributed by atoms with E-state index in [9.17, 15) is 81.5 Å². The van der Waals surface area contributed by atoms with Crippen LogP contribution in [0, 0.1) is 0 Å². The van der Waals surface area contributed by atoms with E-state index in [4.69, 9.17) is 17.2 Å². The minimum atomic E-state index is -1.40. The fourth-order valence-corrected chi connectivity index (χ4v) is 10.0. The van der Waals surface area contributed by atoms with E-state index >= 15 is 0 Å². The first kappa shape index (κ1) is 89.1. The second-order valence-corrected chi connectivity index (χ2v) is 26.0. The third-order valence-electron chi connectivity index (χ3n) is 16.6. The SMILES string of the molecule is CC(=O)N[C@@H](CCCCN)C(=O)N[C@@H](Cc1c[nH]c2ccccc12)C(=O)N[C@@H](C)C(=O)N[C@@H](C)C(=O)N[C@@H](C)C(=O)N[C@@H](Cc1cnc[nH]1)C(=O)N[C@@H](C)C(=O)N[C@@H](C)C(=O)N[C@@H](C)C(=O)N[C@@H](C)C(=O)N[C@@H](C)C(=O)N[C@@H](C)C(=O)N[C@@H](C)C(=O)N[C@@H](C)C(=O)N[C@@H](C)C(=O)N[C@@H](CCCCN)C(N)=O. The van der Waals surface area contributed by atoms with Gasteiger partial charge in [0, 0.05) is 48.8 Å². The van der Waals surface area contributed by atoms with Crippen LogP contribution in [0.25, 0.3) is 10.9 Å². The van der Waals surface area contributed by atoms with Crippen molar-refractivity contribution in [2.45, 2.75) is 238 Å². The molecule has 1 aromatic carbocycles. The number of nitrogens with two attached hydrogens (primary N) is 3. The quantitative estimate of drug-likeness (QED) is 0.0234. The number of imidazole rings is 1. The molecular formula is C67H106N22O17. The van der Waals surface area contributed by atoms with Gasteiger partial charge in [-0.05, 0) is 146 Å². The number of rotatable bonds is 44. The first-order valence-corrected chi connectivity index (χ1v) is 34.8. The lowest BCUT2D eigenvalue weighted by molar-refractivity contribution is -0.135. The summed E-state index contributed by atoms with van der Waals surface area (Å²) in [5.41, 5.74) is 18.3. The van der Waals surface area contributed by atoms with E-state index in [-0.39, 0.29) is 25.7 Å². The summed E-state index contributed by atoms with van der Waals surface area (Å²) >= 11 is 0. The van der Waals surface area contributed by atoms with E-state index in [1.807, 2.05) is 18.2 Å². The molecule has 16 atom stereocenters. The highest BCUT2D eigenvalue weighted by Crippen LogP contribution is 2.20. The largest absolute Gasteiger partial charge is 0.368 e. The smallest absolute Gasteiger partial charge is 0.243 e. The fourth-order valence-electron chi connectivity index (χ4n) is 10.0. The fraction of sp³-hybridized carbons (Fsp3) is 0.582. The topological polar surface area (TPSA) is 605 Å². The summed E-state index contributed by atoms with van der Waals surface area (Å²) in [5.74, 6) is -13.4. The van der Waals surface area contributed by atoms with E-state index < -0.39 is 197 Å². The molecule has 2 heterocycles. The van der Waals surface area contributed by atoms with Crippen LogP contribution in [0.3, 0.4) is 0 Å². The Morgan fingerprint density at radius 2 is 0.632 bits per heavy atom. The Kier molecular flexibility index (Phi) is 36.9. The molecule has 24 N–H and O–H groups in total. The summed E-state index contributed by atoms with van der Waals surface area (Å²) in [7, 11) is 0. The highest BCUT2D eigenvalue weighted by Gasteiger charge is 2.35. The first-order chi connectivity index (χ1) is 49.8. The van der Waals surface area contributed by atoms with Gasteiger partial charge in [0.25, 0.3) is 0 Å². The number of hydrogen-bond donors (Lipinski definition) is 21. The molecule has 0 bridgehead atoms. The van der Waals surface area contributed by atoms with Gasteiger partial charge in [-0.25, -0.2) is 4.98 Å². The third kappa shape index (κ3) is 29.9. The highest BCUT2D eigenvalue weighted by molar-refractivity contribution is 6.01. The van der Waals surface area contributed by atoms with E-state index in [0.29, 0.717) is 50.0 Å². The number of H-pyrrole nitrogens is 2. The zero-order chi connectivity index (χ0) is 79.8. The van der Waals surface area contributed by atoms with Crippen molar-refractivity contribution in [2.24, 2.45) is 17.2 Å². The maximum absolute atomic E-state index is 14.0. The number of para-hydroxylation sites is 1. The summed E-state index contributed by atoms with van der Waals surface area (Å²) in [6.07, 6.45) is 6.87. The van der Waals surface area contributed by atoms with Gasteiger partial charge in [-0.3, -0.25) is 81.5 Å². The maximum Gasteiger partial charge on any atom is 0.243 e. The molecule has 0 spiro atoms. The van der Waals surface area contributed by atoms with E-state index in [0.717, 1.165) is 10.9 Å². The number of amides is 17. The number of fused-ring (bicyclic) bond motifs is 1. The Morgan fingerprint density at radius 3 is 0.943 bits per heavy atom. The van der Waals surface area contributed by atoms with Crippen LogP contribution in [-0.4, -0.2) is 225 Å². The lowest BCUT2D eigenvalue weighted by Crippen LogP contribution is -2.59. The summed E-state index contributed by atoms with van der Waals surface area (Å²) < 4.78 is 0. The average molecular weight is 1490 g/mol. The Labute approximate surface area is 613 Å². The van der Waals surface area contributed by atoms with E-state index in [1.165, 1.54) is 103 Å². The van der Waals surface area contributed by atoms with Gasteiger partial charge >= 0.3 is 0 Å². The van der Waals surface area contributed by atoms with Gasteiger partial charge < -0.3 is 112 Å². The number of nitrogens with zero attached hydrogens (tertiary/aromatic N) is 1. The van der Waals surface area contributed by atoms with Gasteiger partial charge in [0.1, 0.15) is 96.7 Å². The third-order valence-corrected chi connectivity index (χ3v) is 16.6. The maximum atomic E-state index is 14.0. The van der Waals surface area contributed by atoms with Gasteiger partial charge in [-0.15, -0.1) is 0 Å². The van der Waals surface area contributed by atoms with Crippen LogP contribution in [0.5, 0.6) is 0 Å². The number of unbranched alkanes of at least 4 members (excludes halogenated alkanes) is 2.